The van der Waals surface area contributed by atoms with E-state index in [1.54, 1.807) is 12.3 Å². The molecule has 0 unspecified atom stereocenters. The maximum absolute atomic E-state index is 13.2. The molecule has 0 bridgehead atoms. The van der Waals surface area contributed by atoms with E-state index in [1.807, 2.05) is 0 Å². The van der Waals surface area contributed by atoms with E-state index in [4.69, 9.17) is 4.74 Å². The zero-order chi connectivity index (χ0) is 9.26. The SMILES string of the molecule is COc1cc2c(cc1F)NCC=N2. The van der Waals surface area contributed by atoms with Crippen LogP contribution >= 0.6 is 0 Å². The number of halogens is 1. The van der Waals surface area contributed by atoms with Crippen LogP contribution in [0.1, 0.15) is 0 Å². The number of ether oxygens (including phenoxy) is 1. The maximum atomic E-state index is 13.2. The first kappa shape index (κ1) is 8.04. The van der Waals surface area contributed by atoms with Crippen LogP contribution in [0.3, 0.4) is 0 Å². The highest BCUT2D eigenvalue weighted by atomic mass is 19.1. The molecular weight excluding hydrogens is 171 g/mol. The van der Waals surface area contributed by atoms with Gasteiger partial charge in [0.15, 0.2) is 11.6 Å². The molecule has 0 radical (unpaired) electrons. The minimum atomic E-state index is -0.370. The summed E-state index contributed by atoms with van der Waals surface area (Å²) in [5, 5.41) is 3.01. The van der Waals surface area contributed by atoms with Gasteiger partial charge in [-0.15, -0.1) is 0 Å². The summed E-state index contributed by atoms with van der Waals surface area (Å²) < 4.78 is 18.0. The molecule has 1 aliphatic rings. The second-order valence-corrected chi connectivity index (χ2v) is 2.70. The normalized spacial score (nSPS) is 13.4. The molecule has 1 aromatic rings. The van der Waals surface area contributed by atoms with Gasteiger partial charge in [0.25, 0.3) is 0 Å². The Morgan fingerprint density at radius 2 is 2.38 bits per heavy atom. The highest BCUT2D eigenvalue weighted by Crippen LogP contribution is 2.33. The van der Waals surface area contributed by atoms with Crippen LogP contribution in [0, 0.1) is 5.82 Å². The smallest absolute Gasteiger partial charge is 0.167 e. The zero-order valence-corrected chi connectivity index (χ0v) is 7.17. The first-order valence-corrected chi connectivity index (χ1v) is 3.95. The second kappa shape index (κ2) is 3.05. The summed E-state index contributed by atoms with van der Waals surface area (Å²) in [5.41, 5.74) is 1.42. The van der Waals surface area contributed by atoms with E-state index in [1.165, 1.54) is 13.2 Å². The summed E-state index contributed by atoms with van der Waals surface area (Å²) in [4.78, 5) is 4.11. The Morgan fingerprint density at radius 1 is 1.54 bits per heavy atom. The van der Waals surface area contributed by atoms with Crippen molar-refractivity contribution in [2.75, 3.05) is 19.0 Å². The van der Waals surface area contributed by atoms with Crippen molar-refractivity contribution >= 4 is 17.6 Å². The number of anilines is 1. The van der Waals surface area contributed by atoms with E-state index in [9.17, 15) is 4.39 Å². The standard InChI is InChI=1S/C9H9FN2O/c1-13-9-5-8-7(4-6(9)10)11-2-3-12-8/h3-5,11H,2H2,1H3. The van der Waals surface area contributed by atoms with Gasteiger partial charge in [0.1, 0.15) is 0 Å². The van der Waals surface area contributed by atoms with Crippen molar-refractivity contribution in [3.63, 3.8) is 0 Å². The third-order valence-electron chi connectivity index (χ3n) is 1.88. The molecule has 0 fully saturated rings. The lowest BCUT2D eigenvalue weighted by Gasteiger charge is -2.13. The summed E-state index contributed by atoms with van der Waals surface area (Å²) in [6.07, 6.45) is 1.74. The summed E-state index contributed by atoms with van der Waals surface area (Å²) in [6, 6.07) is 2.97. The minimum Gasteiger partial charge on any atom is -0.494 e. The molecule has 68 valence electrons. The van der Waals surface area contributed by atoms with E-state index < -0.39 is 0 Å². The fourth-order valence-corrected chi connectivity index (χ4v) is 1.25. The molecular formula is C9H9FN2O. The van der Waals surface area contributed by atoms with Gasteiger partial charge >= 0.3 is 0 Å². The average Bonchev–Trinajstić information content (AvgIpc) is 2.17. The Labute approximate surface area is 75.2 Å². The molecule has 0 saturated carbocycles. The Morgan fingerprint density at radius 3 is 3.15 bits per heavy atom. The lowest BCUT2D eigenvalue weighted by molar-refractivity contribution is 0.387. The van der Waals surface area contributed by atoms with E-state index in [0.717, 1.165) is 0 Å². The third-order valence-corrected chi connectivity index (χ3v) is 1.88. The monoisotopic (exact) mass is 180 g/mol. The van der Waals surface area contributed by atoms with Crippen LogP contribution in [0.15, 0.2) is 17.1 Å². The number of nitrogens with zero attached hydrogens (tertiary/aromatic N) is 1. The predicted molar refractivity (Wildman–Crippen MR) is 49.6 cm³/mol. The number of aliphatic imine (C=N–C) groups is 1. The zero-order valence-electron chi connectivity index (χ0n) is 7.17. The molecule has 0 spiro atoms. The summed E-state index contributed by atoms with van der Waals surface area (Å²) in [6.45, 7) is 0.638. The number of methoxy groups -OCH3 is 1. The van der Waals surface area contributed by atoms with E-state index in [2.05, 4.69) is 10.3 Å². The molecule has 4 heteroatoms. The van der Waals surface area contributed by atoms with Gasteiger partial charge in [-0.1, -0.05) is 0 Å². The number of hydrogen-bond donors (Lipinski definition) is 1. The fraction of sp³-hybridized carbons (Fsp3) is 0.222. The second-order valence-electron chi connectivity index (χ2n) is 2.70. The molecule has 3 nitrogen and oxygen atoms in total. The molecule has 1 aromatic carbocycles. The van der Waals surface area contributed by atoms with Crippen LogP contribution in [-0.4, -0.2) is 19.9 Å². The van der Waals surface area contributed by atoms with Crippen molar-refractivity contribution in [1.82, 2.24) is 0 Å². The van der Waals surface area contributed by atoms with Gasteiger partial charge < -0.3 is 10.1 Å². The maximum Gasteiger partial charge on any atom is 0.167 e. The summed E-state index contributed by atoms with van der Waals surface area (Å²) in [5.74, 6) is -0.148. The van der Waals surface area contributed by atoms with Gasteiger partial charge in [-0.05, 0) is 0 Å². The number of hydrogen-bond acceptors (Lipinski definition) is 3. The van der Waals surface area contributed by atoms with Crippen molar-refractivity contribution in [3.8, 4) is 5.75 Å². The van der Waals surface area contributed by atoms with Crippen molar-refractivity contribution in [2.24, 2.45) is 4.99 Å². The average molecular weight is 180 g/mol. The molecule has 0 aromatic heterocycles. The largest absolute Gasteiger partial charge is 0.494 e. The molecule has 0 atom stereocenters. The Kier molecular flexibility index (Phi) is 1.88. The van der Waals surface area contributed by atoms with Crippen molar-refractivity contribution in [3.05, 3.63) is 17.9 Å². The summed E-state index contributed by atoms with van der Waals surface area (Å²) in [7, 11) is 1.44. The number of nitrogens with one attached hydrogen (secondary N) is 1. The van der Waals surface area contributed by atoms with Gasteiger partial charge in [-0.3, -0.25) is 4.99 Å². The Bertz CT molecular complexity index is 363. The number of fused-ring (bicyclic) bond motifs is 1. The molecule has 1 heterocycles. The Hall–Kier alpha value is -1.58. The van der Waals surface area contributed by atoms with Crippen LogP contribution in [-0.2, 0) is 0 Å². The van der Waals surface area contributed by atoms with Gasteiger partial charge in [0, 0.05) is 18.3 Å². The first-order chi connectivity index (χ1) is 6.31. The molecule has 1 N–H and O–H groups in total. The number of rotatable bonds is 1. The molecule has 0 saturated heterocycles. The predicted octanol–water partition coefficient (Wildman–Crippen LogP) is 1.96. The fourth-order valence-electron chi connectivity index (χ4n) is 1.25. The minimum absolute atomic E-state index is 0.222. The van der Waals surface area contributed by atoms with Crippen LogP contribution < -0.4 is 10.1 Å². The summed E-state index contributed by atoms with van der Waals surface area (Å²) >= 11 is 0. The van der Waals surface area contributed by atoms with Crippen molar-refractivity contribution in [1.29, 1.82) is 0 Å². The van der Waals surface area contributed by atoms with Gasteiger partial charge in [-0.25, -0.2) is 4.39 Å². The molecule has 0 amide bonds. The highest BCUT2D eigenvalue weighted by molar-refractivity contribution is 5.81. The van der Waals surface area contributed by atoms with E-state index in [0.29, 0.717) is 17.9 Å². The molecule has 2 rings (SSSR count). The van der Waals surface area contributed by atoms with Crippen LogP contribution in [0.4, 0.5) is 15.8 Å². The molecule has 13 heavy (non-hydrogen) atoms. The van der Waals surface area contributed by atoms with Gasteiger partial charge in [-0.2, -0.15) is 0 Å². The quantitative estimate of drug-likeness (QED) is 0.716. The third kappa shape index (κ3) is 1.35. The van der Waals surface area contributed by atoms with E-state index >= 15 is 0 Å². The molecule has 0 aliphatic carbocycles. The van der Waals surface area contributed by atoms with E-state index in [-0.39, 0.29) is 11.6 Å². The molecule has 1 aliphatic heterocycles. The number of benzene rings is 1. The highest BCUT2D eigenvalue weighted by Gasteiger charge is 2.10. The topological polar surface area (TPSA) is 33.6 Å². The van der Waals surface area contributed by atoms with Crippen LogP contribution in [0.25, 0.3) is 0 Å². The lowest BCUT2D eigenvalue weighted by Crippen LogP contribution is -2.07. The van der Waals surface area contributed by atoms with Crippen molar-refractivity contribution in [2.45, 2.75) is 0 Å². The van der Waals surface area contributed by atoms with Crippen molar-refractivity contribution < 1.29 is 9.13 Å². The Balaban J connectivity index is 2.52. The van der Waals surface area contributed by atoms with Gasteiger partial charge in [0.05, 0.1) is 25.0 Å². The van der Waals surface area contributed by atoms with Crippen LogP contribution in [0.5, 0.6) is 5.75 Å². The van der Waals surface area contributed by atoms with Crippen LogP contribution in [0.2, 0.25) is 0 Å². The lowest BCUT2D eigenvalue weighted by atomic mass is 10.2. The van der Waals surface area contributed by atoms with Gasteiger partial charge in [0.2, 0.25) is 0 Å². The first-order valence-electron chi connectivity index (χ1n) is 3.95.